The van der Waals surface area contributed by atoms with Crippen LogP contribution in [0.2, 0.25) is 0 Å². The highest BCUT2D eigenvalue weighted by Gasteiger charge is 2.25. The molecule has 17 heavy (non-hydrogen) atoms. The van der Waals surface area contributed by atoms with E-state index >= 15 is 0 Å². The van der Waals surface area contributed by atoms with Gasteiger partial charge >= 0.3 is 0 Å². The Bertz CT molecular complexity index is 510. The van der Waals surface area contributed by atoms with E-state index in [-0.39, 0.29) is 12.1 Å². The number of hydrogen-bond donors (Lipinski definition) is 2. The summed E-state index contributed by atoms with van der Waals surface area (Å²) in [6.07, 6.45) is 3.70. The van der Waals surface area contributed by atoms with Crippen molar-refractivity contribution in [2.75, 3.05) is 6.54 Å². The zero-order chi connectivity index (χ0) is 11.7. The Kier molecular flexibility index (Phi) is 2.63. The van der Waals surface area contributed by atoms with Gasteiger partial charge in [0.15, 0.2) is 0 Å². The van der Waals surface area contributed by atoms with Crippen molar-refractivity contribution in [1.82, 2.24) is 10.3 Å². The highest BCUT2D eigenvalue weighted by molar-refractivity contribution is 5.40. The molecule has 1 aromatic carbocycles. The molecule has 2 heterocycles. The van der Waals surface area contributed by atoms with Gasteiger partial charge in [0.05, 0.1) is 6.04 Å². The standard InChI is InChI=1S/C14H15N3/c15-13-9-17-14(10-4-3-7-16-8-10)12-6-2-1-5-11(12)13/h1-8,13-14,17H,9,15H2. The van der Waals surface area contributed by atoms with Gasteiger partial charge < -0.3 is 11.1 Å². The molecular weight excluding hydrogens is 210 g/mol. The number of aromatic nitrogens is 1. The maximum Gasteiger partial charge on any atom is 0.0595 e. The molecule has 0 spiro atoms. The number of rotatable bonds is 1. The second-order valence-electron chi connectivity index (χ2n) is 4.36. The van der Waals surface area contributed by atoms with Crippen LogP contribution in [0.1, 0.15) is 28.8 Å². The van der Waals surface area contributed by atoms with Crippen LogP contribution >= 0.6 is 0 Å². The van der Waals surface area contributed by atoms with Gasteiger partial charge in [-0.15, -0.1) is 0 Å². The molecule has 2 atom stereocenters. The molecule has 2 unspecified atom stereocenters. The average Bonchev–Trinajstić information content (AvgIpc) is 2.41. The van der Waals surface area contributed by atoms with Gasteiger partial charge in [0.25, 0.3) is 0 Å². The van der Waals surface area contributed by atoms with Gasteiger partial charge in [-0.25, -0.2) is 0 Å². The van der Waals surface area contributed by atoms with E-state index in [1.165, 1.54) is 16.7 Å². The summed E-state index contributed by atoms with van der Waals surface area (Å²) >= 11 is 0. The Hall–Kier alpha value is -1.71. The van der Waals surface area contributed by atoms with Gasteiger partial charge in [0, 0.05) is 25.0 Å². The van der Waals surface area contributed by atoms with E-state index in [1.807, 2.05) is 18.3 Å². The Morgan fingerprint density at radius 1 is 1.12 bits per heavy atom. The van der Waals surface area contributed by atoms with Crippen molar-refractivity contribution in [3.63, 3.8) is 0 Å². The zero-order valence-electron chi connectivity index (χ0n) is 9.51. The first-order valence-corrected chi connectivity index (χ1v) is 5.84. The smallest absolute Gasteiger partial charge is 0.0595 e. The van der Waals surface area contributed by atoms with Gasteiger partial charge in [-0.1, -0.05) is 30.3 Å². The third-order valence-electron chi connectivity index (χ3n) is 3.27. The molecule has 0 saturated carbocycles. The molecular formula is C14H15N3. The Balaban J connectivity index is 2.07. The molecule has 0 aliphatic carbocycles. The predicted molar refractivity (Wildman–Crippen MR) is 67.5 cm³/mol. The van der Waals surface area contributed by atoms with Crippen LogP contribution in [0, 0.1) is 0 Å². The van der Waals surface area contributed by atoms with Crippen LogP contribution in [-0.2, 0) is 0 Å². The number of nitrogens with two attached hydrogens (primary N) is 1. The lowest BCUT2D eigenvalue weighted by atomic mass is 9.88. The lowest BCUT2D eigenvalue weighted by molar-refractivity contribution is 0.503. The summed E-state index contributed by atoms with van der Waals surface area (Å²) in [6.45, 7) is 0.802. The molecule has 2 aromatic rings. The van der Waals surface area contributed by atoms with E-state index in [2.05, 4.69) is 34.6 Å². The fraction of sp³-hybridized carbons (Fsp3) is 0.214. The first-order chi connectivity index (χ1) is 8.36. The normalized spacial score (nSPS) is 23.1. The van der Waals surface area contributed by atoms with E-state index in [9.17, 15) is 0 Å². The number of nitrogens with zero attached hydrogens (tertiary/aromatic N) is 1. The van der Waals surface area contributed by atoms with E-state index in [0.29, 0.717) is 0 Å². The number of pyridine rings is 1. The average molecular weight is 225 g/mol. The van der Waals surface area contributed by atoms with Crippen LogP contribution < -0.4 is 11.1 Å². The molecule has 0 fully saturated rings. The minimum Gasteiger partial charge on any atom is -0.323 e. The van der Waals surface area contributed by atoms with Crippen LogP contribution in [0.3, 0.4) is 0 Å². The fourth-order valence-corrected chi connectivity index (χ4v) is 2.42. The number of fused-ring (bicyclic) bond motifs is 1. The third-order valence-corrected chi connectivity index (χ3v) is 3.27. The number of nitrogens with one attached hydrogen (secondary N) is 1. The van der Waals surface area contributed by atoms with Crippen molar-refractivity contribution >= 4 is 0 Å². The second-order valence-corrected chi connectivity index (χ2v) is 4.36. The fourth-order valence-electron chi connectivity index (χ4n) is 2.42. The molecule has 3 rings (SSSR count). The number of hydrogen-bond acceptors (Lipinski definition) is 3. The van der Waals surface area contributed by atoms with Crippen LogP contribution in [0.5, 0.6) is 0 Å². The second kappa shape index (κ2) is 4.28. The molecule has 1 aromatic heterocycles. The first kappa shape index (κ1) is 10.4. The highest BCUT2D eigenvalue weighted by atomic mass is 15.0. The van der Waals surface area contributed by atoms with Crippen LogP contribution in [-0.4, -0.2) is 11.5 Å². The number of benzene rings is 1. The summed E-state index contributed by atoms with van der Waals surface area (Å²) in [7, 11) is 0. The maximum absolute atomic E-state index is 6.11. The maximum atomic E-state index is 6.11. The van der Waals surface area contributed by atoms with Crippen LogP contribution in [0.25, 0.3) is 0 Å². The van der Waals surface area contributed by atoms with Crippen molar-refractivity contribution in [3.8, 4) is 0 Å². The van der Waals surface area contributed by atoms with Gasteiger partial charge in [-0.05, 0) is 22.8 Å². The Morgan fingerprint density at radius 3 is 2.71 bits per heavy atom. The Morgan fingerprint density at radius 2 is 1.94 bits per heavy atom. The van der Waals surface area contributed by atoms with Crippen molar-refractivity contribution in [2.45, 2.75) is 12.1 Å². The lowest BCUT2D eigenvalue weighted by Gasteiger charge is -2.31. The largest absolute Gasteiger partial charge is 0.323 e. The molecule has 3 N–H and O–H groups in total. The molecule has 0 amide bonds. The minimum atomic E-state index is 0.0825. The molecule has 3 heteroatoms. The first-order valence-electron chi connectivity index (χ1n) is 5.84. The van der Waals surface area contributed by atoms with E-state index < -0.39 is 0 Å². The van der Waals surface area contributed by atoms with Gasteiger partial charge in [-0.2, -0.15) is 0 Å². The lowest BCUT2D eigenvalue weighted by Crippen LogP contribution is -2.37. The summed E-state index contributed by atoms with van der Waals surface area (Å²) in [4.78, 5) is 4.18. The quantitative estimate of drug-likeness (QED) is 0.777. The zero-order valence-corrected chi connectivity index (χ0v) is 9.51. The van der Waals surface area contributed by atoms with Crippen LogP contribution in [0.4, 0.5) is 0 Å². The monoisotopic (exact) mass is 225 g/mol. The Labute approximate surface area is 101 Å². The van der Waals surface area contributed by atoms with Crippen LogP contribution in [0.15, 0.2) is 48.8 Å². The van der Waals surface area contributed by atoms with Gasteiger partial charge in [0.2, 0.25) is 0 Å². The summed E-state index contributed by atoms with van der Waals surface area (Å²) in [6, 6.07) is 12.7. The molecule has 1 aliphatic heterocycles. The summed E-state index contributed by atoms with van der Waals surface area (Å²) in [5.74, 6) is 0. The SMILES string of the molecule is NC1CNC(c2cccnc2)c2ccccc21. The molecule has 0 radical (unpaired) electrons. The summed E-state index contributed by atoms with van der Waals surface area (Å²) < 4.78 is 0. The van der Waals surface area contributed by atoms with Crippen molar-refractivity contribution in [1.29, 1.82) is 0 Å². The minimum absolute atomic E-state index is 0.0825. The van der Waals surface area contributed by atoms with E-state index in [0.717, 1.165) is 6.54 Å². The van der Waals surface area contributed by atoms with Crippen molar-refractivity contribution < 1.29 is 0 Å². The predicted octanol–water partition coefficient (Wildman–Crippen LogP) is 1.77. The van der Waals surface area contributed by atoms with Gasteiger partial charge in [-0.3, -0.25) is 4.98 Å². The molecule has 3 nitrogen and oxygen atoms in total. The third kappa shape index (κ3) is 1.84. The molecule has 0 saturated heterocycles. The molecule has 1 aliphatic rings. The summed E-state index contributed by atoms with van der Waals surface area (Å²) in [5.41, 5.74) is 9.79. The summed E-state index contributed by atoms with van der Waals surface area (Å²) in [5, 5.41) is 3.48. The molecule has 86 valence electrons. The van der Waals surface area contributed by atoms with E-state index in [1.54, 1.807) is 6.20 Å². The van der Waals surface area contributed by atoms with Gasteiger partial charge in [0.1, 0.15) is 0 Å². The van der Waals surface area contributed by atoms with Crippen molar-refractivity contribution in [3.05, 3.63) is 65.5 Å². The molecule has 0 bridgehead atoms. The topological polar surface area (TPSA) is 50.9 Å². The highest BCUT2D eigenvalue weighted by Crippen LogP contribution is 2.31. The van der Waals surface area contributed by atoms with E-state index in [4.69, 9.17) is 5.73 Å². The van der Waals surface area contributed by atoms with Crippen molar-refractivity contribution in [2.24, 2.45) is 5.73 Å².